The number of allylic oxidation sites excluding steroid dienone is 4. The summed E-state index contributed by atoms with van der Waals surface area (Å²) in [5.74, 6) is 0. The molecule has 0 fully saturated rings. The van der Waals surface area contributed by atoms with Crippen LogP contribution in [0, 0.1) is 30.7 Å². The molecule has 18 heavy (non-hydrogen) atoms. The molecule has 0 aromatic heterocycles. The average Bonchev–Trinajstić information content (AvgIpc) is 2.48. The zero-order valence-electron chi connectivity index (χ0n) is 13.8. The molecule has 0 N–H and O–H groups in total. The molecule has 1 aliphatic carbocycles. The van der Waals surface area contributed by atoms with E-state index in [0.717, 1.165) is 0 Å². The first-order chi connectivity index (χ1) is 7.86. The zero-order chi connectivity index (χ0) is 14.4. The molecule has 0 saturated carbocycles. The van der Waals surface area contributed by atoms with Gasteiger partial charge in [0.2, 0.25) is 0 Å². The minimum atomic E-state index is -2.32. The summed E-state index contributed by atoms with van der Waals surface area (Å²) in [6, 6.07) is 0. The number of hydrogen-bond acceptors (Lipinski definition) is 0. The second-order valence-electron chi connectivity index (χ2n) is 7.72. The Bertz CT molecular complexity index is 328. The maximum absolute atomic E-state index is 2.49. The molecular formula is C17H32Tb. The summed E-state index contributed by atoms with van der Waals surface area (Å²) < 4.78 is 3.07. The SMILES string of the molecule is C[C](C)(C)[Tb]([C]1=CC=CC1)([C](C)(C)C)[C](C)(C)C. The van der Waals surface area contributed by atoms with Crippen LogP contribution in [0.3, 0.4) is 0 Å². The van der Waals surface area contributed by atoms with Gasteiger partial charge in [0.15, 0.2) is 0 Å². The van der Waals surface area contributed by atoms with Gasteiger partial charge in [0.1, 0.15) is 0 Å². The minimum absolute atomic E-state index is 0.425. The summed E-state index contributed by atoms with van der Waals surface area (Å²) in [5.41, 5.74) is 0. The van der Waals surface area contributed by atoms with Crippen molar-refractivity contribution in [1.29, 1.82) is 0 Å². The van der Waals surface area contributed by atoms with Crippen molar-refractivity contribution in [3.05, 3.63) is 19.8 Å². The van der Waals surface area contributed by atoms with Gasteiger partial charge in [0.05, 0.1) is 0 Å². The molecule has 0 unspecified atom stereocenters. The van der Waals surface area contributed by atoms with Crippen molar-refractivity contribution < 1.29 is 30.7 Å². The van der Waals surface area contributed by atoms with E-state index in [-0.39, 0.29) is 0 Å². The third-order valence-electron chi connectivity index (χ3n) is 3.28. The molecule has 0 amide bonds. The van der Waals surface area contributed by atoms with Gasteiger partial charge in [0.25, 0.3) is 0 Å². The van der Waals surface area contributed by atoms with Gasteiger partial charge in [-0.3, -0.25) is 0 Å². The van der Waals surface area contributed by atoms with Crippen LogP contribution in [-0.2, 0) is 0 Å². The van der Waals surface area contributed by atoms with Crippen LogP contribution >= 0.6 is 0 Å². The van der Waals surface area contributed by atoms with Gasteiger partial charge in [-0.2, -0.15) is 0 Å². The third-order valence-corrected chi connectivity index (χ3v) is 20.6. The van der Waals surface area contributed by atoms with Crippen molar-refractivity contribution in [2.45, 2.75) is 72.9 Å². The Morgan fingerprint density at radius 1 is 0.778 bits per heavy atom. The molecule has 0 saturated heterocycles. The van der Waals surface area contributed by atoms with Crippen molar-refractivity contribution >= 4 is 0 Å². The van der Waals surface area contributed by atoms with Gasteiger partial charge >= 0.3 is 123 Å². The molecule has 0 aromatic rings. The summed E-state index contributed by atoms with van der Waals surface area (Å²) >= 11 is -2.32. The predicted molar refractivity (Wildman–Crippen MR) is 81.0 cm³/mol. The van der Waals surface area contributed by atoms with Gasteiger partial charge in [-0.05, 0) is 0 Å². The fourth-order valence-electron chi connectivity index (χ4n) is 3.81. The molecular weight excluding hydrogens is 363 g/mol. The molecule has 0 aliphatic heterocycles. The molecule has 109 valence electrons. The van der Waals surface area contributed by atoms with E-state index in [1.165, 1.54) is 6.42 Å². The molecule has 0 bridgehead atoms. The van der Waals surface area contributed by atoms with Crippen LogP contribution in [0.2, 0.25) is 4.16 Å². The Morgan fingerprint density at radius 3 is 1.39 bits per heavy atom. The van der Waals surface area contributed by atoms with E-state index in [9.17, 15) is 0 Å². The van der Waals surface area contributed by atoms with Crippen LogP contribution in [0.5, 0.6) is 0 Å². The topological polar surface area (TPSA) is 0 Å². The summed E-state index contributed by atoms with van der Waals surface area (Å²) in [4.78, 5) is 0. The van der Waals surface area contributed by atoms with Crippen molar-refractivity contribution in [1.82, 2.24) is 0 Å². The van der Waals surface area contributed by atoms with E-state index in [1.807, 2.05) is 0 Å². The van der Waals surface area contributed by atoms with E-state index < -0.39 is 30.7 Å². The Morgan fingerprint density at radius 2 is 1.17 bits per heavy atom. The van der Waals surface area contributed by atoms with Crippen molar-refractivity contribution in [2.75, 3.05) is 0 Å². The Balaban J connectivity index is 3.58. The van der Waals surface area contributed by atoms with Gasteiger partial charge in [-0.1, -0.05) is 0 Å². The first-order valence-electron chi connectivity index (χ1n) is 6.88. The van der Waals surface area contributed by atoms with Crippen molar-refractivity contribution in [2.24, 2.45) is 0 Å². The Labute approximate surface area is 122 Å². The number of rotatable bonds is 1. The van der Waals surface area contributed by atoms with E-state index in [1.54, 1.807) is 1.54 Å². The summed E-state index contributed by atoms with van der Waals surface area (Å²) in [6.45, 7) is 22.4. The summed E-state index contributed by atoms with van der Waals surface area (Å²) in [6.07, 6.45) is 8.27. The van der Waals surface area contributed by atoms with E-state index in [4.69, 9.17) is 0 Å². The van der Waals surface area contributed by atoms with Gasteiger partial charge in [-0.25, -0.2) is 0 Å². The van der Waals surface area contributed by atoms with E-state index in [2.05, 4.69) is 80.5 Å². The van der Waals surface area contributed by atoms with Crippen molar-refractivity contribution in [3.8, 4) is 0 Å². The number of hydrogen-bond donors (Lipinski definition) is 0. The van der Waals surface area contributed by atoms with Gasteiger partial charge < -0.3 is 0 Å². The summed E-state index contributed by atoms with van der Waals surface area (Å²) in [7, 11) is 0. The van der Waals surface area contributed by atoms with Crippen LogP contribution in [0.15, 0.2) is 19.8 Å². The molecule has 0 heterocycles. The quantitative estimate of drug-likeness (QED) is 0.467. The fraction of sp³-hybridized carbons (Fsp3) is 0.765. The van der Waals surface area contributed by atoms with Crippen LogP contribution in [0.25, 0.3) is 0 Å². The molecule has 0 nitrogen and oxygen atoms in total. The van der Waals surface area contributed by atoms with Crippen LogP contribution in [0.4, 0.5) is 0 Å². The molecule has 1 rings (SSSR count). The van der Waals surface area contributed by atoms with Gasteiger partial charge in [-0.15, -0.1) is 0 Å². The van der Waals surface area contributed by atoms with Crippen LogP contribution < -0.4 is 0 Å². The van der Waals surface area contributed by atoms with Gasteiger partial charge in [0, 0.05) is 0 Å². The molecule has 1 aliphatic rings. The predicted octanol–water partition coefficient (Wildman–Crippen LogP) is 6.64. The average molecular weight is 395 g/mol. The standard InChI is InChI=1S/C5H5.3C4H9.Tb/c1-2-4-5-3-1;3*1-4(2)3;/h1-3H,4H2;3*1-3H3;. The first kappa shape index (κ1) is 16.8. The summed E-state index contributed by atoms with van der Waals surface area (Å²) in [5, 5.41) is 0. The van der Waals surface area contributed by atoms with E-state index >= 15 is 0 Å². The van der Waals surface area contributed by atoms with Crippen molar-refractivity contribution in [3.63, 3.8) is 0 Å². The van der Waals surface area contributed by atoms with Crippen LogP contribution in [-0.4, -0.2) is 0 Å². The normalized spacial score (nSPS) is 19.1. The molecule has 0 radical (unpaired) electrons. The Kier molecular flexibility index (Phi) is 4.62. The molecule has 0 atom stereocenters. The first-order valence-corrected chi connectivity index (χ1v) is 11.2. The molecule has 1 heteroatoms. The van der Waals surface area contributed by atoms with Crippen LogP contribution in [0.1, 0.15) is 68.7 Å². The second-order valence-corrected chi connectivity index (χ2v) is 21.9. The molecule has 0 aromatic carbocycles. The maximum atomic E-state index is 2.49. The molecule has 0 spiro atoms. The van der Waals surface area contributed by atoms with E-state index in [0.29, 0.717) is 4.16 Å². The third kappa shape index (κ3) is 2.51. The fourth-order valence-corrected chi connectivity index (χ4v) is 26.1. The Hall–Kier alpha value is 0.766. The second kappa shape index (κ2) is 4.95. The monoisotopic (exact) mass is 395 g/mol. The zero-order valence-corrected chi connectivity index (χ0v) is 15.9.